The fraction of sp³-hybridized carbons (Fsp3) is 0.160. The lowest BCUT2D eigenvalue weighted by atomic mass is 10.0. The van der Waals surface area contributed by atoms with Crippen LogP contribution in [0, 0.1) is 0 Å². The predicted octanol–water partition coefficient (Wildman–Crippen LogP) is 5.00. The molecule has 0 radical (unpaired) electrons. The molecule has 3 aromatic carbocycles. The summed E-state index contributed by atoms with van der Waals surface area (Å²) in [6.07, 6.45) is 0. The van der Waals surface area contributed by atoms with Gasteiger partial charge in [-0.15, -0.1) is 10.2 Å². The number of carbonyl (C=O) groups is 1. The zero-order chi connectivity index (χ0) is 22.6. The molecular formula is C25H21N3O4S. The minimum atomic E-state index is -0.221. The molecule has 5 rings (SSSR count). The van der Waals surface area contributed by atoms with Crippen LogP contribution in [-0.2, 0) is 4.79 Å². The maximum absolute atomic E-state index is 13.4. The van der Waals surface area contributed by atoms with Gasteiger partial charge in [-0.3, -0.25) is 9.69 Å². The van der Waals surface area contributed by atoms with E-state index in [-0.39, 0.29) is 17.7 Å². The second-order valence-corrected chi connectivity index (χ2v) is 8.26. The Kier molecular flexibility index (Phi) is 5.99. The topological polar surface area (TPSA) is 77.7 Å². The third-order valence-corrected chi connectivity index (χ3v) is 6.15. The van der Waals surface area contributed by atoms with Gasteiger partial charge in [-0.2, -0.15) is 0 Å². The number of fused-ring (bicyclic) bond motifs is 1. The van der Waals surface area contributed by atoms with Crippen molar-refractivity contribution >= 4 is 23.4 Å². The van der Waals surface area contributed by atoms with Crippen molar-refractivity contribution in [2.75, 3.05) is 24.4 Å². The Morgan fingerprint density at radius 3 is 2.64 bits per heavy atom. The van der Waals surface area contributed by atoms with Crippen molar-refractivity contribution in [1.29, 1.82) is 0 Å². The SMILES string of the molecule is COc1ccccc1-c1nnc(SCC(=O)N2c3ccccc3OCC2c2ccccc2)o1. The van der Waals surface area contributed by atoms with E-state index < -0.39 is 0 Å². The molecule has 0 saturated heterocycles. The molecular weight excluding hydrogens is 438 g/mol. The van der Waals surface area contributed by atoms with Crippen LogP contribution >= 0.6 is 11.8 Å². The number of carbonyl (C=O) groups excluding carboxylic acids is 1. The highest BCUT2D eigenvalue weighted by Gasteiger charge is 2.33. The monoisotopic (exact) mass is 459 g/mol. The summed E-state index contributed by atoms with van der Waals surface area (Å²) in [6.45, 7) is 0.385. The highest BCUT2D eigenvalue weighted by Crippen LogP contribution is 2.40. The maximum Gasteiger partial charge on any atom is 0.277 e. The highest BCUT2D eigenvalue weighted by molar-refractivity contribution is 7.99. The average Bonchev–Trinajstić information content (AvgIpc) is 3.36. The van der Waals surface area contributed by atoms with E-state index in [0.717, 1.165) is 11.3 Å². The van der Waals surface area contributed by atoms with Gasteiger partial charge in [-0.1, -0.05) is 66.4 Å². The van der Waals surface area contributed by atoms with E-state index in [1.165, 1.54) is 11.8 Å². The van der Waals surface area contributed by atoms with Gasteiger partial charge in [0.25, 0.3) is 11.1 Å². The molecule has 1 aliphatic heterocycles. The van der Waals surface area contributed by atoms with Gasteiger partial charge < -0.3 is 13.9 Å². The number of methoxy groups -OCH3 is 1. The molecule has 0 fully saturated rings. The fourth-order valence-electron chi connectivity index (χ4n) is 3.81. The van der Waals surface area contributed by atoms with Gasteiger partial charge in [0, 0.05) is 0 Å². The summed E-state index contributed by atoms with van der Waals surface area (Å²) >= 11 is 1.21. The van der Waals surface area contributed by atoms with Gasteiger partial charge >= 0.3 is 0 Å². The van der Waals surface area contributed by atoms with Crippen LogP contribution in [0.2, 0.25) is 0 Å². The largest absolute Gasteiger partial charge is 0.496 e. The summed E-state index contributed by atoms with van der Waals surface area (Å²) < 4.78 is 17.1. The molecule has 166 valence electrons. The van der Waals surface area contributed by atoms with Gasteiger partial charge in [0.2, 0.25) is 5.91 Å². The summed E-state index contributed by atoms with van der Waals surface area (Å²) in [7, 11) is 1.59. The van der Waals surface area contributed by atoms with Crippen molar-refractivity contribution in [2.45, 2.75) is 11.3 Å². The number of ether oxygens (including phenoxy) is 2. The third-order valence-electron chi connectivity index (χ3n) is 5.35. The van der Waals surface area contributed by atoms with Crippen molar-refractivity contribution in [2.24, 2.45) is 0 Å². The minimum absolute atomic E-state index is 0.0679. The van der Waals surface area contributed by atoms with Crippen molar-refractivity contribution < 1.29 is 18.7 Å². The molecule has 1 unspecified atom stereocenters. The molecule has 33 heavy (non-hydrogen) atoms. The Balaban J connectivity index is 1.37. The molecule has 4 aromatic rings. The van der Waals surface area contributed by atoms with Crippen LogP contribution in [0.3, 0.4) is 0 Å². The Morgan fingerprint density at radius 2 is 1.79 bits per heavy atom. The summed E-state index contributed by atoms with van der Waals surface area (Å²) in [5.74, 6) is 1.76. The quantitative estimate of drug-likeness (QED) is 0.375. The van der Waals surface area contributed by atoms with Gasteiger partial charge in [0.1, 0.15) is 18.1 Å². The summed E-state index contributed by atoms with van der Waals surface area (Å²) in [5.41, 5.74) is 2.47. The summed E-state index contributed by atoms with van der Waals surface area (Å²) in [6, 6.07) is 24.7. The Morgan fingerprint density at radius 1 is 1.03 bits per heavy atom. The van der Waals surface area contributed by atoms with Crippen LogP contribution in [-0.4, -0.2) is 35.6 Å². The second kappa shape index (κ2) is 9.38. The normalized spacial score (nSPS) is 14.9. The predicted molar refractivity (Wildman–Crippen MR) is 126 cm³/mol. The molecule has 0 aliphatic carbocycles. The summed E-state index contributed by atoms with van der Waals surface area (Å²) in [4.78, 5) is 15.2. The fourth-order valence-corrected chi connectivity index (χ4v) is 4.43. The van der Waals surface area contributed by atoms with E-state index in [0.29, 0.717) is 34.8 Å². The number of benzene rings is 3. The molecule has 8 heteroatoms. The molecule has 1 aliphatic rings. The number of hydrogen-bond donors (Lipinski definition) is 0. The number of thioether (sulfide) groups is 1. The maximum atomic E-state index is 13.4. The molecule has 7 nitrogen and oxygen atoms in total. The molecule has 0 bridgehead atoms. The lowest BCUT2D eigenvalue weighted by Crippen LogP contribution is -2.42. The standard InChI is InChI=1S/C25H21N3O4S/c1-30-21-13-7-5-11-18(21)24-26-27-25(32-24)33-16-23(29)28-19-12-6-8-14-22(19)31-15-20(28)17-9-3-2-4-10-17/h2-14,20H,15-16H2,1H3. The first-order chi connectivity index (χ1) is 16.2. The van der Waals surface area contributed by atoms with Crippen LogP contribution in [0.25, 0.3) is 11.5 Å². The second-order valence-electron chi connectivity index (χ2n) is 7.33. The minimum Gasteiger partial charge on any atom is -0.496 e. The molecule has 1 aromatic heterocycles. The van der Waals surface area contributed by atoms with Gasteiger partial charge in [0.05, 0.1) is 30.2 Å². The zero-order valence-corrected chi connectivity index (χ0v) is 18.7. The van der Waals surface area contributed by atoms with E-state index in [9.17, 15) is 4.79 Å². The number of aromatic nitrogens is 2. The van der Waals surface area contributed by atoms with Crippen molar-refractivity contribution in [1.82, 2.24) is 10.2 Å². The van der Waals surface area contributed by atoms with Crippen molar-refractivity contribution in [3.8, 4) is 23.0 Å². The van der Waals surface area contributed by atoms with Crippen LogP contribution in [0.5, 0.6) is 11.5 Å². The first kappa shape index (κ1) is 21.1. The first-order valence-electron chi connectivity index (χ1n) is 10.4. The van der Waals surface area contributed by atoms with E-state index in [4.69, 9.17) is 13.9 Å². The van der Waals surface area contributed by atoms with Crippen molar-refractivity contribution in [3.63, 3.8) is 0 Å². The average molecular weight is 460 g/mol. The summed E-state index contributed by atoms with van der Waals surface area (Å²) in [5, 5.41) is 8.54. The number of nitrogens with zero attached hydrogens (tertiary/aromatic N) is 3. The Labute approximate surface area is 195 Å². The van der Waals surface area contributed by atoms with Crippen LogP contribution in [0.4, 0.5) is 5.69 Å². The highest BCUT2D eigenvalue weighted by atomic mass is 32.2. The molecule has 0 spiro atoms. The molecule has 0 saturated carbocycles. The number of para-hydroxylation sites is 3. The smallest absolute Gasteiger partial charge is 0.277 e. The van der Waals surface area contributed by atoms with E-state index in [1.807, 2.05) is 78.9 Å². The number of hydrogen-bond acceptors (Lipinski definition) is 7. The van der Waals surface area contributed by atoms with E-state index in [1.54, 1.807) is 12.0 Å². The van der Waals surface area contributed by atoms with E-state index >= 15 is 0 Å². The molecule has 0 N–H and O–H groups in total. The van der Waals surface area contributed by atoms with Crippen molar-refractivity contribution in [3.05, 3.63) is 84.4 Å². The Hall–Kier alpha value is -3.78. The molecule has 1 atom stereocenters. The first-order valence-corrected chi connectivity index (χ1v) is 11.4. The Bertz CT molecular complexity index is 1260. The zero-order valence-electron chi connectivity index (χ0n) is 17.9. The van der Waals surface area contributed by atoms with Gasteiger partial charge in [-0.05, 0) is 29.8 Å². The molecule has 1 amide bonds. The van der Waals surface area contributed by atoms with Crippen LogP contribution < -0.4 is 14.4 Å². The molecule has 2 heterocycles. The lowest BCUT2D eigenvalue weighted by Gasteiger charge is -2.37. The lowest BCUT2D eigenvalue weighted by molar-refractivity contribution is -0.117. The van der Waals surface area contributed by atoms with Crippen LogP contribution in [0.15, 0.2) is 88.5 Å². The number of amides is 1. The third kappa shape index (κ3) is 4.29. The number of anilines is 1. The van der Waals surface area contributed by atoms with E-state index in [2.05, 4.69) is 10.2 Å². The van der Waals surface area contributed by atoms with Gasteiger partial charge in [-0.25, -0.2) is 0 Å². The van der Waals surface area contributed by atoms with Gasteiger partial charge in [0.15, 0.2) is 0 Å². The number of rotatable bonds is 6. The van der Waals surface area contributed by atoms with Crippen LogP contribution in [0.1, 0.15) is 11.6 Å².